The van der Waals surface area contributed by atoms with E-state index in [0.29, 0.717) is 12.5 Å². The smallest absolute Gasteiger partial charge is 0.407 e. The van der Waals surface area contributed by atoms with E-state index >= 15 is 0 Å². The third-order valence-electron chi connectivity index (χ3n) is 7.59. The van der Waals surface area contributed by atoms with Gasteiger partial charge in [-0.3, -0.25) is 9.59 Å². The van der Waals surface area contributed by atoms with Crippen LogP contribution in [0.1, 0.15) is 48.8 Å². The third-order valence-corrected chi connectivity index (χ3v) is 7.59. The summed E-state index contributed by atoms with van der Waals surface area (Å²) in [7, 11) is 0. The quantitative estimate of drug-likeness (QED) is 0.390. The molecule has 0 bridgehead atoms. The van der Waals surface area contributed by atoms with Gasteiger partial charge in [0.05, 0.1) is 6.42 Å². The summed E-state index contributed by atoms with van der Waals surface area (Å²) in [5.41, 5.74) is 5.32. The second-order valence-electron chi connectivity index (χ2n) is 10.2. The van der Waals surface area contributed by atoms with Gasteiger partial charge in [0.2, 0.25) is 5.91 Å². The summed E-state index contributed by atoms with van der Waals surface area (Å²) < 4.78 is 5.61. The third kappa shape index (κ3) is 5.57. The lowest BCUT2D eigenvalue weighted by molar-refractivity contribution is -0.144. The van der Waals surface area contributed by atoms with E-state index in [1.807, 2.05) is 73.7 Å². The summed E-state index contributed by atoms with van der Waals surface area (Å²) in [6.45, 7) is 2.42. The highest BCUT2D eigenvalue weighted by Gasteiger charge is 2.38. The van der Waals surface area contributed by atoms with Crippen molar-refractivity contribution in [3.63, 3.8) is 0 Å². The zero-order chi connectivity index (χ0) is 26.6. The molecule has 196 valence electrons. The van der Waals surface area contributed by atoms with Gasteiger partial charge in [-0.05, 0) is 53.5 Å². The first kappa shape index (κ1) is 25.5. The fraction of sp³-hybridized carbons (Fsp3) is 0.323. The minimum atomic E-state index is -1.23. The van der Waals surface area contributed by atoms with Crippen molar-refractivity contribution >= 4 is 18.0 Å². The Bertz CT molecular complexity index is 1280. The molecule has 3 aromatic rings. The maximum atomic E-state index is 13.7. The van der Waals surface area contributed by atoms with Gasteiger partial charge in [-0.1, -0.05) is 78.9 Å². The van der Waals surface area contributed by atoms with E-state index in [2.05, 4.69) is 17.4 Å². The number of hydrogen-bond acceptors (Lipinski definition) is 4. The summed E-state index contributed by atoms with van der Waals surface area (Å²) in [5, 5.41) is 12.1. The maximum absolute atomic E-state index is 13.7. The number of alkyl carbamates (subject to hydrolysis) is 1. The molecule has 0 saturated heterocycles. The van der Waals surface area contributed by atoms with Crippen molar-refractivity contribution in [2.75, 3.05) is 6.61 Å². The highest BCUT2D eigenvalue weighted by molar-refractivity contribution is 5.89. The number of benzene rings is 3. The summed E-state index contributed by atoms with van der Waals surface area (Å²) in [6, 6.07) is 24.3. The first-order valence-corrected chi connectivity index (χ1v) is 13.1. The summed E-state index contributed by atoms with van der Waals surface area (Å²) >= 11 is 0. The van der Waals surface area contributed by atoms with Gasteiger partial charge in [-0.15, -0.1) is 0 Å². The predicted molar refractivity (Wildman–Crippen MR) is 143 cm³/mol. The summed E-state index contributed by atoms with van der Waals surface area (Å²) in [5.74, 6) is -1.33. The van der Waals surface area contributed by atoms with Crippen LogP contribution < -0.4 is 5.32 Å². The van der Waals surface area contributed by atoms with Gasteiger partial charge >= 0.3 is 12.1 Å². The van der Waals surface area contributed by atoms with Crippen LogP contribution in [0.25, 0.3) is 11.1 Å². The number of ether oxygens (including phenoxy) is 1. The molecule has 2 aliphatic rings. The van der Waals surface area contributed by atoms with Gasteiger partial charge in [0.25, 0.3) is 0 Å². The molecule has 1 fully saturated rings. The number of carbonyl (C=O) groups excluding carboxylic acids is 2. The van der Waals surface area contributed by atoms with Gasteiger partial charge in [0.1, 0.15) is 12.6 Å². The Hall–Kier alpha value is -4.13. The predicted octanol–water partition coefficient (Wildman–Crippen LogP) is 5.20. The Balaban J connectivity index is 1.30. The van der Waals surface area contributed by atoms with Crippen molar-refractivity contribution in [3.05, 3.63) is 95.6 Å². The fourth-order valence-corrected chi connectivity index (χ4v) is 5.39. The molecule has 2 atom stereocenters. The van der Waals surface area contributed by atoms with Crippen LogP contribution in [0.4, 0.5) is 4.79 Å². The molecule has 5 rings (SSSR count). The van der Waals surface area contributed by atoms with E-state index < -0.39 is 30.4 Å². The van der Waals surface area contributed by atoms with E-state index in [-0.39, 0.29) is 18.6 Å². The van der Waals surface area contributed by atoms with E-state index in [0.717, 1.165) is 40.7 Å². The van der Waals surface area contributed by atoms with E-state index in [4.69, 9.17) is 4.74 Å². The molecule has 2 unspecified atom stereocenters. The van der Waals surface area contributed by atoms with Gasteiger partial charge in [0, 0.05) is 18.5 Å². The van der Waals surface area contributed by atoms with Crippen LogP contribution in [0.2, 0.25) is 0 Å². The van der Waals surface area contributed by atoms with Crippen molar-refractivity contribution in [3.8, 4) is 11.1 Å². The van der Waals surface area contributed by atoms with E-state index in [9.17, 15) is 19.5 Å². The first-order valence-electron chi connectivity index (χ1n) is 13.1. The Morgan fingerprint density at radius 3 is 2.08 bits per heavy atom. The number of carboxylic acid groups (broad SMARTS) is 1. The molecular weight excluding hydrogens is 480 g/mol. The lowest BCUT2D eigenvalue weighted by Gasteiger charge is -2.32. The number of nitrogens with zero attached hydrogens (tertiary/aromatic N) is 1. The Morgan fingerprint density at radius 2 is 1.50 bits per heavy atom. The monoisotopic (exact) mass is 512 g/mol. The van der Waals surface area contributed by atoms with Crippen molar-refractivity contribution in [2.45, 2.75) is 50.7 Å². The van der Waals surface area contributed by atoms with Crippen LogP contribution in [-0.4, -0.2) is 46.7 Å². The van der Waals surface area contributed by atoms with Crippen LogP contribution in [0, 0.1) is 5.92 Å². The second kappa shape index (κ2) is 11.1. The number of amides is 2. The molecule has 7 nitrogen and oxygen atoms in total. The molecule has 2 amide bonds. The fourth-order valence-electron chi connectivity index (χ4n) is 5.39. The molecule has 1 saturated carbocycles. The number of aliphatic carboxylic acids is 1. The molecule has 0 aliphatic heterocycles. The highest BCUT2D eigenvalue weighted by atomic mass is 16.5. The normalized spacial score (nSPS) is 15.6. The first-order chi connectivity index (χ1) is 18.4. The SMILES string of the molecule is CC(C1CC1)N(Cc1ccccc1)C(=O)C(CC(=O)O)NC(=O)OCC1c2ccccc2-c2ccccc21. The topological polar surface area (TPSA) is 95.9 Å². The molecule has 0 spiro atoms. The molecule has 0 radical (unpaired) electrons. The molecule has 2 aliphatic carbocycles. The van der Waals surface area contributed by atoms with E-state index in [1.54, 1.807) is 4.90 Å². The Labute approximate surface area is 222 Å². The van der Waals surface area contributed by atoms with Gasteiger partial charge in [-0.25, -0.2) is 4.79 Å². The van der Waals surface area contributed by atoms with Gasteiger partial charge in [-0.2, -0.15) is 0 Å². The van der Waals surface area contributed by atoms with Crippen LogP contribution in [0.15, 0.2) is 78.9 Å². The van der Waals surface area contributed by atoms with Gasteiger partial charge < -0.3 is 20.1 Å². The number of carbonyl (C=O) groups is 3. The zero-order valence-electron chi connectivity index (χ0n) is 21.4. The zero-order valence-corrected chi connectivity index (χ0v) is 21.4. The van der Waals surface area contributed by atoms with Crippen LogP contribution in [-0.2, 0) is 20.9 Å². The number of rotatable bonds is 10. The second-order valence-corrected chi connectivity index (χ2v) is 10.2. The molecule has 38 heavy (non-hydrogen) atoms. The lowest BCUT2D eigenvalue weighted by atomic mass is 9.98. The molecule has 7 heteroatoms. The number of nitrogens with one attached hydrogen (secondary N) is 1. The summed E-state index contributed by atoms with van der Waals surface area (Å²) in [6.07, 6.45) is 0.739. The molecular formula is C31H32N2O5. The molecule has 0 aromatic heterocycles. The minimum Gasteiger partial charge on any atom is -0.481 e. The number of fused-ring (bicyclic) bond motifs is 3. The van der Waals surface area contributed by atoms with Crippen LogP contribution in [0.3, 0.4) is 0 Å². The van der Waals surface area contributed by atoms with Crippen molar-refractivity contribution in [2.24, 2.45) is 5.92 Å². The minimum absolute atomic E-state index is 0.0664. The van der Waals surface area contributed by atoms with Crippen molar-refractivity contribution in [1.29, 1.82) is 0 Å². The van der Waals surface area contributed by atoms with Gasteiger partial charge in [0.15, 0.2) is 0 Å². The number of carboxylic acids is 1. The standard InChI is InChI=1S/C31H32N2O5/c1-20(22-15-16-22)33(18-21-9-3-2-4-10-21)30(36)28(17-29(34)35)32-31(37)38-19-27-25-13-7-5-11-23(25)24-12-6-8-14-26(24)27/h2-14,20,22,27-28H,15-19H2,1H3,(H,32,37)(H,34,35). The number of hydrogen-bond donors (Lipinski definition) is 2. The van der Waals surface area contributed by atoms with Crippen LogP contribution in [0.5, 0.6) is 0 Å². The molecule has 3 aromatic carbocycles. The largest absolute Gasteiger partial charge is 0.481 e. The Morgan fingerprint density at radius 1 is 0.921 bits per heavy atom. The van der Waals surface area contributed by atoms with Crippen molar-refractivity contribution < 1.29 is 24.2 Å². The Kier molecular flexibility index (Phi) is 7.45. The molecule has 0 heterocycles. The van der Waals surface area contributed by atoms with Crippen LogP contribution >= 0.6 is 0 Å². The van der Waals surface area contributed by atoms with E-state index in [1.165, 1.54) is 0 Å². The lowest BCUT2D eigenvalue weighted by Crippen LogP contribution is -2.52. The average molecular weight is 513 g/mol. The molecule has 2 N–H and O–H groups in total. The summed E-state index contributed by atoms with van der Waals surface area (Å²) in [4.78, 5) is 40.0. The van der Waals surface area contributed by atoms with Crippen molar-refractivity contribution in [1.82, 2.24) is 10.2 Å². The maximum Gasteiger partial charge on any atom is 0.407 e. The average Bonchev–Trinajstić information content (AvgIpc) is 3.73. The highest BCUT2D eigenvalue weighted by Crippen LogP contribution is 2.44.